The molecule has 0 spiro atoms. The van der Waals surface area contributed by atoms with E-state index in [-0.39, 0.29) is 0 Å². The largest absolute Gasteiger partial charge is 0.461 e. The molecular formula is C21H28O. The Hall–Kier alpha value is -2.02. The van der Waals surface area contributed by atoms with Crippen LogP contribution in [0.2, 0.25) is 0 Å². The van der Waals surface area contributed by atoms with Crippen LogP contribution >= 0.6 is 0 Å². The van der Waals surface area contributed by atoms with Gasteiger partial charge in [-0.05, 0) is 38.7 Å². The molecule has 0 amide bonds. The molecule has 1 heterocycles. The molecule has 0 bridgehead atoms. The molecule has 2 aromatic rings. The van der Waals surface area contributed by atoms with Crippen molar-refractivity contribution in [1.29, 1.82) is 0 Å². The van der Waals surface area contributed by atoms with Gasteiger partial charge in [-0.2, -0.15) is 0 Å². The lowest BCUT2D eigenvalue weighted by Gasteiger charge is -2.09. The van der Waals surface area contributed by atoms with Crippen LogP contribution in [0.15, 0.2) is 66.1 Å². The number of hydrogen-bond donors (Lipinski definition) is 0. The van der Waals surface area contributed by atoms with Crippen molar-refractivity contribution in [2.45, 2.75) is 40.0 Å². The Morgan fingerprint density at radius 3 is 2.45 bits per heavy atom. The zero-order chi connectivity index (χ0) is 16.4. The molecule has 1 atom stereocenters. The van der Waals surface area contributed by atoms with Crippen molar-refractivity contribution < 1.29 is 4.42 Å². The lowest BCUT2D eigenvalue weighted by Crippen LogP contribution is -2.01. The van der Waals surface area contributed by atoms with E-state index in [4.69, 9.17) is 4.42 Å². The van der Waals surface area contributed by atoms with Gasteiger partial charge in [-0.15, -0.1) is 13.2 Å². The summed E-state index contributed by atoms with van der Waals surface area (Å²) in [5.74, 6) is 1.57. The van der Waals surface area contributed by atoms with Gasteiger partial charge < -0.3 is 4.42 Å². The highest BCUT2D eigenvalue weighted by Gasteiger charge is 2.15. The van der Waals surface area contributed by atoms with Gasteiger partial charge in [0.2, 0.25) is 0 Å². The maximum atomic E-state index is 6.03. The number of fused-ring (bicyclic) bond motifs is 1. The first-order chi connectivity index (χ1) is 10.7. The monoisotopic (exact) mass is 296 g/mol. The summed E-state index contributed by atoms with van der Waals surface area (Å²) in [5.41, 5.74) is 2.35. The standard InChI is InChI=1S/C18H22O.C3H6/c1-4-7-10-14(5-2)13-18-15(6-3)16-11-8-9-12-17(16)19-18;1-3-2/h4-5,7-9,11-12,14H,2,6,10,13H2,1,3H3;3H,1H2,2H3/b7-4-;. The highest BCUT2D eigenvalue weighted by Crippen LogP contribution is 2.29. The van der Waals surface area contributed by atoms with Crippen LogP contribution in [0.4, 0.5) is 0 Å². The lowest BCUT2D eigenvalue weighted by molar-refractivity contribution is 0.500. The van der Waals surface area contributed by atoms with Crippen molar-refractivity contribution in [3.63, 3.8) is 0 Å². The first kappa shape index (κ1) is 18.0. The van der Waals surface area contributed by atoms with Crippen molar-refractivity contribution in [3.8, 4) is 0 Å². The van der Waals surface area contributed by atoms with Crippen LogP contribution in [0.25, 0.3) is 11.0 Å². The Morgan fingerprint density at radius 2 is 1.86 bits per heavy atom. The molecule has 0 saturated carbocycles. The smallest absolute Gasteiger partial charge is 0.134 e. The van der Waals surface area contributed by atoms with Gasteiger partial charge in [0.1, 0.15) is 11.3 Å². The summed E-state index contributed by atoms with van der Waals surface area (Å²) in [6.45, 7) is 13.4. The van der Waals surface area contributed by atoms with E-state index in [9.17, 15) is 0 Å². The van der Waals surface area contributed by atoms with E-state index >= 15 is 0 Å². The van der Waals surface area contributed by atoms with Crippen molar-refractivity contribution in [2.75, 3.05) is 0 Å². The summed E-state index contributed by atoms with van der Waals surface area (Å²) in [6, 6.07) is 8.30. The number of allylic oxidation sites excluding steroid dienone is 4. The summed E-state index contributed by atoms with van der Waals surface area (Å²) < 4.78 is 6.03. The fraction of sp³-hybridized carbons (Fsp3) is 0.333. The predicted octanol–water partition coefficient (Wildman–Crippen LogP) is 6.50. The highest BCUT2D eigenvalue weighted by molar-refractivity contribution is 5.82. The third kappa shape index (κ3) is 4.77. The number of aryl methyl sites for hydroxylation is 1. The Bertz CT molecular complexity index is 616. The van der Waals surface area contributed by atoms with Crippen LogP contribution < -0.4 is 0 Å². The second kappa shape index (κ2) is 9.83. The van der Waals surface area contributed by atoms with E-state index in [1.165, 1.54) is 10.9 Å². The fourth-order valence-corrected chi connectivity index (χ4v) is 2.51. The van der Waals surface area contributed by atoms with Gasteiger partial charge in [0, 0.05) is 17.4 Å². The molecule has 0 aliphatic heterocycles. The van der Waals surface area contributed by atoms with Gasteiger partial charge in [-0.1, -0.05) is 49.4 Å². The molecule has 22 heavy (non-hydrogen) atoms. The highest BCUT2D eigenvalue weighted by atomic mass is 16.3. The fourth-order valence-electron chi connectivity index (χ4n) is 2.51. The predicted molar refractivity (Wildman–Crippen MR) is 98.3 cm³/mol. The topological polar surface area (TPSA) is 13.1 Å². The van der Waals surface area contributed by atoms with E-state index < -0.39 is 0 Å². The molecule has 2 rings (SSSR count). The van der Waals surface area contributed by atoms with Crippen LogP contribution in [0, 0.1) is 5.92 Å². The zero-order valence-corrected chi connectivity index (χ0v) is 14.1. The third-order valence-corrected chi connectivity index (χ3v) is 3.59. The summed E-state index contributed by atoms with van der Waals surface area (Å²) in [7, 11) is 0. The molecule has 118 valence electrons. The number of benzene rings is 1. The number of hydrogen-bond acceptors (Lipinski definition) is 1. The van der Waals surface area contributed by atoms with Crippen LogP contribution in [-0.4, -0.2) is 0 Å². The minimum atomic E-state index is 0.446. The normalized spacial score (nSPS) is 12.0. The van der Waals surface area contributed by atoms with E-state index in [1.54, 1.807) is 6.08 Å². The van der Waals surface area contributed by atoms with Crippen molar-refractivity contribution in [2.24, 2.45) is 5.92 Å². The Morgan fingerprint density at radius 1 is 1.18 bits per heavy atom. The SMILES string of the molecule is C=CC.C=CC(C/C=C\C)Cc1oc2ccccc2c1CC. The molecule has 0 fully saturated rings. The van der Waals surface area contributed by atoms with Crippen LogP contribution in [0.1, 0.15) is 38.5 Å². The molecule has 1 aromatic heterocycles. The first-order valence-electron chi connectivity index (χ1n) is 8.01. The average molecular weight is 296 g/mol. The van der Waals surface area contributed by atoms with Gasteiger partial charge in [0.05, 0.1) is 0 Å². The first-order valence-corrected chi connectivity index (χ1v) is 8.01. The third-order valence-electron chi connectivity index (χ3n) is 3.59. The molecule has 0 N–H and O–H groups in total. The van der Waals surface area contributed by atoms with Crippen molar-refractivity contribution in [3.05, 3.63) is 73.1 Å². The maximum Gasteiger partial charge on any atom is 0.134 e. The minimum Gasteiger partial charge on any atom is -0.461 e. The van der Waals surface area contributed by atoms with E-state index in [0.29, 0.717) is 5.92 Å². The molecule has 0 saturated heterocycles. The van der Waals surface area contributed by atoms with E-state index in [0.717, 1.165) is 30.6 Å². The Kier molecular flexibility index (Phi) is 8.06. The number of furan rings is 1. The molecular weight excluding hydrogens is 268 g/mol. The summed E-state index contributed by atoms with van der Waals surface area (Å²) in [5, 5.41) is 1.26. The van der Waals surface area contributed by atoms with Gasteiger partial charge in [-0.3, -0.25) is 0 Å². The van der Waals surface area contributed by atoms with Gasteiger partial charge in [0.25, 0.3) is 0 Å². The van der Waals surface area contributed by atoms with Crippen LogP contribution in [-0.2, 0) is 12.8 Å². The molecule has 1 aromatic carbocycles. The minimum absolute atomic E-state index is 0.446. The van der Waals surface area contributed by atoms with Crippen LogP contribution in [0.3, 0.4) is 0 Å². The molecule has 1 unspecified atom stereocenters. The molecule has 0 aliphatic rings. The van der Waals surface area contributed by atoms with Crippen molar-refractivity contribution >= 4 is 11.0 Å². The van der Waals surface area contributed by atoms with Gasteiger partial charge in [0.15, 0.2) is 0 Å². The zero-order valence-electron chi connectivity index (χ0n) is 14.1. The number of para-hydroxylation sites is 1. The van der Waals surface area contributed by atoms with Gasteiger partial charge >= 0.3 is 0 Å². The molecule has 1 heteroatoms. The summed E-state index contributed by atoms with van der Waals surface area (Å²) in [6.07, 6.45) is 11.1. The second-order valence-corrected chi connectivity index (χ2v) is 5.27. The van der Waals surface area contributed by atoms with E-state index in [2.05, 4.69) is 51.3 Å². The Labute approximate surface area is 135 Å². The summed E-state index contributed by atoms with van der Waals surface area (Å²) >= 11 is 0. The van der Waals surface area contributed by atoms with Crippen molar-refractivity contribution in [1.82, 2.24) is 0 Å². The summed E-state index contributed by atoms with van der Waals surface area (Å²) in [4.78, 5) is 0. The second-order valence-electron chi connectivity index (χ2n) is 5.27. The molecule has 1 nitrogen and oxygen atoms in total. The molecule has 0 aliphatic carbocycles. The average Bonchev–Trinajstić information content (AvgIpc) is 2.89. The number of rotatable bonds is 6. The maximum absolute atomic E-state index is 6.03. The lowest BCUT2D eigenvalue weighted by atomic mass is 9.96. The Balaban J connectivity index is 0.000000745. The van der Waals surface area contributed by atoms with E-state index in [1.807, 2.05) is 25.1 Å². The van der Waals surface area contributed by atoms with Crippen LogP contribution in [0.5, 0.6) is 0 Å². The molecule has 0 radical (unpaired) electrons. The van der Waals surface area contributed by atoms with Gasteiger partial charge in [-0.25, -0.2) is 0 Å². The quantitative estimate of drug-likeness (QED) is 0.555.